The van der Waals surface area contributed by atoms with Crippen molar-refractivity contribution in [1.29, 1.82) is 0 Å². The average Bonchev–Trinajstić information content (AvgIpc) is 2.77. The summed E-state index contributed by atoms with van der Waals surface area (Å²) < 4.78 is 2.04. The lowest BCUT2D eigenvalue weighted by molar-refractivity contribution is 0.670. The third kappa shape index (κ3) is 2.09. The smallest absolute Gasteiger partial charge is 0.190 e. The van der Waals surface area contributed by atoms with E-state index in [1.165, 1.54) is 19.4 Å². The first-order valence-corrected chi connectivity index (χ1v) is 5.98. The maximum absolute atomic E-state index is 4.12. The zero-order chi connectivity index (χ0) is 9.97. The van der Waals surface area contributed by atoms with E-state index in [-0.39, 0.29) is 0 Å². The van der Waals surface area contributed by atoms with Gasteiger partial charge in [0, 0.05) is 18.8 Å². The van der Waals surface area contributed by atoms with Crippen molar-refractivity contribution in [3.63, 3.8) is 0 Å². The monoisotopic (exact) mass is 212 g/mol. The zero-order valence-electron chi connectivity index (χ0n) is 8.66. The molecule has 0 unspecified atom stereocenters. The summed E-state index contributed by atoms with van der Waals surface area (Å²) in [6, 6.07) is 0.664. The quantitative estimate of drug-likeness (QED) is 0.758. The molecule has 78 valence electrons. The van der Waals surface area contributed by atoms with Crippen molar-refractivity contribution in [2.75, 3.05) is 12.3 Å². The molecule has 1 atom stereocenters. The Kier molecular flexibility index (Phi) is 3.08. The van der Waals surface area contributed by atoms with Crippen LogP contribution in [-0.4, -0.2) is 33.1 Å². The van der Waals surface area contributed by atoms with Crippen LogP contribution in [0.2, 0.25) is 0 Å². The van der Waals surface area contributed by atoms with Crippen molar-refractivity contribution >= 4 is 11.8 Å². The Labute approximate surface area is 88.5 Å². The Hall–Kier alpha value is -0.550. The van der Waals surface area contributed by atoms with Crippen LogP contribution in [0.1, 0.15) is 18.7 Å². The molecule has 1 N–H and O–H groups in total. The van der Waals surface area contributed by atoms with Gasteiger partial charge in [-0.15, -0.1) is 10.2 Å². The Bertz CT molecular complexity index is 304. The summed E-state index contributed by atoms with van der Waals surface area (Å²) in [5, 5.41) is 12.7. The molecule has 14 heavy (non-hydrogen) atoms. The first kappa shape index (κ1) is 9.98. The second-order valence-electron chi connectivity index (χ2n) is 3.69. The van der Waals surface area contributed by atoms with Crippen LogP contribution < -0.4 is 5.32 Å². The number of thioether (sulfide) groups is 1. The molecule has 0 spiro atoms. The molecule has 1 aromatic heterocycles. The minimum Gasteiger partial charge on any atom is -0.313 e. The molecule has 0 aliphatic carbocycles. The van der Waals surface area contributed by atoms with Crippen molar-refractivity contribution in [3.8, 4) is 0 Å². The first-order chi connectivity index (χ1) is 6.77. The van der Waals surface area contributed by atoms with E-state index < -0.39 is 0 Å². The molecular formula is C9H16N4S. The molecule has 2 heterocycles. The van der Waals surface area contributed by atoms with Gasteiger partial charge in [0.15, 0.2) is 5.16 Å². The second-order valence-corrected chi connectivity index (χ2v) is 4.68. The van der Waals surface area contributed by atoms with Crippen LogP contribution in [0.15, 0.2) is 5.16 Å². The molecule has 0 amide bonds. The predicted octanol–water partition coefficient (Wildman–Crippen LogP) is 0.968. The van der Waals surface area contributed by atoms with Crippen LogP contribution in [0.3, 0.4) is 0 Å². The third-order valence-corrected chi connectivity index (χ3v) is 3.81. The van der Waals surface area contributed by atoms with Crippen molar-refractivity contribution in [1.82, 2.24) is 20.1 Å². The Balaban J connectivity index is 1.88. The minimum atomic E-state index is 0.664. The van der Waals surface area contributed by atoms with Crippen LogP contribution >= 0.6 is 11.8 Å². The molecule has 1 aliphatic rings. The highest BCUT2D eigenvalue weighted by atomic mass is 32.2. The number of aryl methyl sites for hydroxylation is 1. The van der Waals surface area contributed by atoms with Gasteiger partial charge in [-0.1, -0.05) is 11.8 Å². The Morgan fingerprint density at radius 3 is 3.00 bits per heavy atom. The summed E-state index contributed by atoms with van der Waals surface area (Å²) >= 11 is 1.79. The molecular weight excluding hydrogens is 196 g/mol. The number of hydrogen-bond acceptors (Lipinski definition) is 4. The van der Waals surface area contributed by atoms with Crippen molar-refractivity contribution in [2.45, 2.75) is 31.0 Å². The largest absolute Gasteiger partial charge is 0.313 e. The van der Waals surface area contributed by atoms with E-state index in [2.05, 4.69) is 15.5 Å². The SMILES string of the molecule is Cc1nnc(SC[C@H]2CCCN2)n1C. The first-order valence-electron chi connectivity index (χ1n) is 4.99. The van der Waals surface area contributed by atoms with E-state index in [0.717, 1.165) is 16.7 Å². The van der Waals surface area contributed by atoms with Crippen LogP contribution in [0, 0.1) is 6.92 Å². The molecule has 4 nitrogen and oxygen atoms in total. The van der Waals surface area contributed by atoms with Gasteiger partial charge in [0.2, 0.25) is 0 Å². The highest BCUT2D eigenvalue weighted by Crippen LogP contribution is 2.19. The highest BCUT2D eigenvalue weighted by Gasteiger charge is 2.15. The number of hydrogen-bond donors (Lipinski definition) is 1. The lowest BCUT2D eigenvalue weighted by atomic mass is 10.3. The van der Waals surface area contributed by atoms with Crippen LogP contribution in [-0.2, 0) is 7.05 Å². The maximum Gasteiger partial charge on any atom is 0.190 e. The van der Waals surface area contributed by atoms with Gasteiger partial charge in [0.1, 0.15) is 5.82 Å². The molecule has 0 aromatic carbocycles. The summed E-state index contributed by atoms with van der Waals surface area (Å²) in [5.74, 6) is 2.08. The van der Waals surface area contributed by atoms with Crippen LogP contribution in [0.4, 0.5) is 0 Å². The van der Waals surface area contributed by atoms with Crippen LogP contribution in [0.5, 0.6) is 0 Å². The molecule has 0 radical (unpaired) electrons. The molecule has 1 aliphatic heterocycles. The van der Waals surface area contributed by atoms with Gasteiger partial charge >= 0.3 is 0 Å². The molecule has 5 heteroatoms. The maximum atomic E-state index is 4.12. The average molecular weight is 212 g/mol. The molecule has 1 aromatic rings. The van der Waals surface area contributed by atoms with Gasteiger partial charge in [-0.3, -0.25) is 0 Å². The van der Waals surface area contributed by atoms with Gasteiger partial charge in [-0.2, -0.15) is 0 Å². The molecule has 1 saturated heterocycles. The van der Waals surface area contributed by atoms with E-state index in [9.17, 15) is 0 Å². The van der Waals surface area contributed by atoms with Crippen molar-refractivity contribution in [3.05, 3.63) is 5.82 Å². The van der Waals surface area contributed by atoms with Gasteiger partial charge in [0.05, 0.1) is 0 Å². The van der Waals surface area contributed by atoms with E-state index in [1.54, 1.807) is 11.8 Å². The standard InChI is InChI=1S/C9H16N4S/c1-7-11-12-9(13(7)2)14-6-8-4-3-5-10-8/h8,10H,3-6H2,1-2H3/t8-/m1/s1. The van der Waals surface area contributed by atoms with Gasteiger partial charge < -0.3 is 9.88 Å². The molecule has 0 saturated carbocycles. The fourth-order valence-corrected chi connectivity index (χ4v) is 2.65. The fraction of sp³-hybridized carbons (Fsp3) is 0.778. The Morgan fingerprint density at radius 2 is 2.43 bits per heavy atom. The van der Waals surface area contributed by atoms with Crippen molar-refractivity contribution in [2.24, 2.45) is 7.05 Å². The molecule has 2 rings (SSSR count). The Morgan fingerprint density at radius 1 is 1.57 bits per heavy atom. The normalized spacial score (nSPS) is 21.7. The fourth-order valence-electron chi connectivity index (χ4n) is 1.59. The number of nitrogens with zero attached hydrogens (tertiary/aromatic N) is 3. The van der Waals surface area contributed by atoms with Gasteiger partial charge in [-0.25, -0.2) is 0 Å². The van der Waals surface area contributed by atoms with Crippen molar-refractivity contribution < 1.29 is 0 Å². The molecule has 1 fully saturated rings. The van der Waals surface area contributed by atoms with Gasteiger partial charge in [0.25, 0.3) is 0 Å². The number of rotatable bonds is 3. The minimum absolute atomic E-state index is 0.664. The summed E-state index contributed by atoms with van der Waals surface area (Å²) in [6.07, 6.45) is 2.60. The van der Waals surface area contributed by atoms with Gasteiger partial charge in [-0.05, 0) is 26.3 Å². The summed E-state index contributed by atoms with van der Waals surface area (Å²) in [6.45, 7) is 3.15. The molecule has 0 bridgehead atoms. The lowest BCUT2D eigenvalue weighted by Gasteiger charge is -2.08. The van der Waals surface area contributed by atoms with E-state index in [0.29, 0.717) is 6.04 Å². The summed E-state index contributed by atoms with van der Waals surface area (Å²) in [7, 11) is 2.01. The zero-order valence-corrected chi connectivity index (χ0v) is 9.47. The van der Waals surface area contributed by atoms with Crippen LogP contribution in [0.25, 0.3) is 0 Å². The summed E-state index contributed by atoms with van der Waals surface area (Å²) in [5.41, 5.74) is 0. The van der Waals surface area contributed by atoms with E-state index in [1.807, 2.05) is 18.5 Å². The number of nitrogens with one attached hydrogen (secondary N) is 1. The second kappa shape index (κ2) is 4.31. The van der Waals surface area contributed by atoms with E-state index >= 15 is 0 Å². The third-order valence-electron chi connectivity index (χ3n) is 2.63. The van der Waals surface area contributed by atoms with E-state index in [4.69, 9.17) is 0 Å². The highest BCUT2D eigenvalue weighted by molar-refractivity contribution is 7.99. The lowest BCUT2D eigenvalue weighted by Crippen LogP contribution is -2.23. The number of aromatic nitrogens is 3. The topological polar surface area (TPSA) is 42.7 Å². The summed E-state index contributed by atoms with van der Waals surface area (Å²) in [4.78, 5) is 0. The predicted molar refractivity (Wildman–Crippen MR) is 57.5 cm³/mol.